The van der Waals surface area contributed by atoms with Crippen LogP contribution in [0.25, 0.3) is 45.2 Å². The molecule has 4 N–H and O–H groups in total. The number of carbonyl (C=O) groups excluding carboxylic acids is 2. The van der Waals surface area contributed by atoms with E-state index < -0.39 is 6.10 Å². The van der Waals surface area contributed by atoms with Crippen molar-refractivity contribution >= 4 is 57.4 Å². The molecule has 0 spiro atoms. The summed E-state index contributed by atoms with van der Waals surface area (Å²) < 4.78 is 5.77. The molecule has 324 valence electrons. The first-order valence-corrected chi connectivity index (χ1v) is 22.2. The van der Waals surface area contributed by atoms with Gasteiger partial charge in [-0.2, -0.15) is 0 Å². The van der Waals surface area contributed by atoms with Gasteiger partial charge in [-0.25, -0.2) is 9.97 Å². The monoisotopic (exact) mass is 827 g/mol. The zero-order valence-corrected chi connectivity index (χ0v) is 38.2. The number of fused-ring (bicyclic) bond motifs is 8. The molecule has 9 nitrogen and oxygen atoms in total. The van der Waals surface area contributed by atoms with Crippen molar-refractivity contribution in [3.8, 4) is 0 Å². The van der Waals surface area contributed by atoms with Crippen molar-refractivity contribution in [2.75, 3.05) is 6.61 Å². The number of ether oxygens (including phenoxy) is 1. The lowest BCUT2D eigenvalue weighted by molar-refractivity contribution is -0.142. The van der Waals surface area contributed by atoms with Crippen LogP contribution in [0.15, 0.2) is 47.1 Å². The number of aldehydes is 1. The van der Waals surface area contributed by atoms with Gasteiger partial charge in [0.1, 0.15) is 12.4 Å². The molecule has 61 heavy (non-hydrogen) atoms. The smallest absolute Gasteiger partial charge is 0.306 e. The van der Waals surface area contributed by atoms with Gasteiger partial charge in [0.25, 0.3) is 0 Å². The topological polar surface area (TPSA) is 141 Å². The maximum absolute atomic E-state index is 13.3. The van der Waals surface area contributed by atoms with Crippen molar-refractivity contribution in [3.63, 3.8) is 0 Å². The number of aliphatic hydroxyl groups is 2. The van der Waals surface area contributed by atoms with E-state index in [1.54, 1.807) is 6.92 Å². The molecular weight excluding hydrogens is 761 g/mol. The molecule has 2 aromatic heterocycles. The van der Waals surface area contributed by atoms with Gasteiger partial charge in [0, 0.05) is 57.4 Å². The number of rotatable bonds is 16. The number of aliphatic hydroxyl groups excluding tert-OH is 2. The zero-order chi connectivity index (χ0) is 44.3. The summed E-state index contributed by atoms with van der Waals surface area (Å²) in [5.41, 5.74) is 16.4. The summed E-state index contributed by atoms with van der Waals surface area (Å²) in [7, 11) is 0. The quantitative estimate of drug-likeness (QED) is 0.0750. The fourth-order valence-electron chi connectivity index (χ4n) is 9.40. The number of esters is 1. The Kier molecular flexibility index (Phi) is 14.2. The highest BCUT2D eigenvalue weighted by Crippen LogP contribution is 2.48. The van der Waals surface area contributed by atoms with Gasteiger partial charge in [0.2, 0.25) is 0 Å². The number of aromatic nitrogens is 4. The summed E-state index contributed by atoms with van der Waals surface area (Å²) in [4.78, 5) is 43.9. The summed E-state index contributed by atoms with van der Waals surface area (Å²) in [6.07, 6.45) is 14.6. The molecule has 1 unspecified atom stereocenters. The predicted octanol–water partition coefficient (Wildman–Crippen LogP) is 12.4. The summed E-state index contributed by atoms with van der Waals surface area (Å²) >= 11 is 0. The van der Waals surface area contributed by atoms with Gasteiger partial charge in [-0.15, -0.1) is 0 Å². The second kappa shape index (κ2) is 19.2. The van der Waals surface area contributed by atoms with Crippen molar-refractivity contribution in [1.82, 2.24) is 19.9 Å². The average Bonchev–Trinajstić information content (AvgIpc) is 3.97. The van der Waals surface area contributed by atoms with Crippen LogP contribution in [0, 0.1) is 12.8 Å². The van der Waals surface area contributed by atoms with Crippen LogP contribution < -0.4 is 0 Å². The Bertz CT molecular complexity index is 2470. The third-order valence-corrected chi connectivity index (χ3v) is 12.6. The van der Waals surface area contributed by atoms with Crippen LogP contribution in [0.4, 0.5) is 0 Å². The van der Waals surface area contributed by atoms with Gasteiger partial charge < -0.3 is 24.9 Å². The molecule has 4 aliphatic rings. The lowest BCUT2D eigenvalue weighted by Crippen LogP contribution is -2.10. The minimum absolute atomic E-state index is 0.0458. The molecule has 0 aromatic carbocycles. The van der Waals surface area contributed by atoms with Gasteiger partial charge in [-0.3, -0.25) is 9.59 Å². The Morgan fingerprint density at radius 3 is 2.28 bits per heavy atom. The predicted molar refractivity (Wildman–Crippen MR) is 250 cm³/mol. The van der Waals surface area contributed by atoms with E-state index in [-0.39, 0.29) is 42.5 Å². The van der Waals surface area contributed by atoms with Crippen molar-refractivity contribution in [2.24, 2.45) is 5.92 Å². The first kappa shape index (κ1) is 45.3. The molecule has 3 atom stereocenters. The number of aryl methyl sites for hydroxylation is 1. The molecule has 0 saturated heterocycles. The van der Waals surface area contributed by atoms with E-state index in [0.29, 0.717) is 47.5 Å². The van der Waals surface area contributed by atoms with Gasteiger partial charge in [-0.05, 0) is 146 Å². The van der Waals surface area contributed by atoms with Gasteiger partial charge >= 0.3 is 5.97 Å². The second-order valence-corrected chi connectivity index (χ2v) is 18.1. The van der Waals surface area contributed by atoms with Gasteiger partial charge in [-0.1, -0.05) is 56.6 Å². The first-order valence-electron chi connectivity index (χ1n) is 22.2. The maximum atomic E-state index is 13.3. The lowest BCUT2D eigenvalue weighted by atomic mass is 9.84. The Hall–Kier alpha value is -5.28. The number of allylic oxidation sites excluding steroid dienone is 8. The number of nitrogens with one attached hydrogen (secondary N) is 2. The number of nitrogens with zero attached hydrogens (tertiary/aromatic N) is 2. The Balaban J connectivity index is 1.40. The molecule has 6 rings (SSSR count). The van der Waals surface area contributed by atoms with E-state index in [4.69, 9.17) is 14.7 Å². The molecule has 0 saturated carbocycles. The molecule has 0 radical (unpaired) electrons. The van der Waals surface area contributed by atoms with Crippen LogP contribution in [-0.2, 0) is 20.7 Å². The lowest BCUT2D eigenvalue weighted by Gasteiger charge is -2.18. The van der Waals surface area contributed by atoms with Gasteiger partial charge in [0.15, 0.2) is 6.29 Å². The number of aromatic amines is 2. The highest BCUT2D eigenvalue weighted by molar-refractivity contribution is 6.18. The summed E-state index contributed by atoms with van der Waals surface area (Å²) in [6, 6.07) is 3.84. The normalized spacial score (nSPS) is 17.6. The van der Waals surface area contributed by atoms with Crippen LogP contribution in [0.5, 0.6) is 0 Å². The Morgan fingerprint density at radius 2 is 1.62 bits per heavy atom. The summed E-state index contributed by atoms with van der Waals surface area (Å²) in [5, 5.41) is 22.8. The Morgan fingerprint density at radius 1 is 0.918 bits per heavy atom. The number of hydrogen-bond acceptors (Lipinski definition) is 7. The van der Waals surface area contributed by atoms with Crippen LogP contribution in [0.1, 0.15) is 182 Å². The van der Waals surface area contributed by atoms with Crippen LogP contribution in [0.2, 0.25) is 0 Å². The largest absolute Gasteiger partial charge is 0.507 e. The van der Waals surface area contributed by atoms with E-state index in [0.717, 1.165) is 93.5 Å². The molecule has 9 heteroatoms. The van der Waals surface area contributed by atoms with Crippen LogP contribution in [0.3, 0.4) is 0 Å². The van der Waals surface area contributed by atoms with Crippen molar-refractivity contribution in [3.05, 3.63) is 103 Å². The van der Waals surface area contributed by atoms with E-state index in [1.807, 2.05) is 38.1 Å². The summed E-state index contributed by atoms with van der Waals surface area (Å²) in [6.45, 7) is 23.0. The third kappa shape index (κ3) is 9.62. The van der Waals surface area contributed by atoms with E-state index in [1.165, 1.54) is 16.7 Å². The maximum Gasteiger partial charge on any atom is 0.306 e. The molecule has 0 fully saturated rings. The van der Waals surface area contributed by atoms with Crippen molar-refractivity contribution < 1.29 is 24.5 Å². The van der Waals surface area contributed by atoms with E-state index in [9.17, 15) is 19.8 Å². The van der Waals surface area contributed by atoms with Gasteiger partial charge in [0.05, 0.1) is 34.4 Å². The summed E-state index contributed by atoms with van der Waals surface area (Å²) in [5.74, 6) is 0.0471. The van der Waals surface area contributed by atoms with Crippen LogP contribution in [-0.4, -0.2) is 55.1 Å². The highest BCUT2D eigenvalue weighted by atomic mass is 16.5. The number of carbonyl (C=O) groups is 2. The fraction of sp³-hybridized carbons (Fsp3) is 0.462. The number of H-pyrrole nitrogens is 2. The van der Waals surface area contributed by atoms with Crippen LogP contribution >= 0.6 is 0 Å². The first-order chi connectivity index (χ1) is 29.0. The molecule has 3 aliphatic heterocycles. The molecule has 0 amide bonds. The molecular formula is C52H66N4O5. The minimum atomic E-state index is -0.815. The molecule has 8 bridgehead atoms. The second-order valence-electron chi connectivity index (χ2n) is 18.1. The SMILES string of the molecule is CCc1c2c3[nH]c1cc1nc(cc4nc(c(C)c5[nH]c(c3C=C2O)[C@@H](CCC(=O)OC/C=C(\C)CC/C=C(\C)CCC=C(C)C)[C@@H]5C)C(C)=C4C(C)O)C(C=O)=C1CC(C)C. The standard InChI is InChI=1S/C52H66N4O5/c1-12-36-41-25-42-38(23-29(4)5)40(27-57)43(53-42)26-44-47(35(11)58)33(9)50(55-44)34(10)49-32(8)37(51(56-49)39-24-45(59)48(36)52(39)54-41)19-20-46(60)61-22-21-31(7)18-14-17-30(6)16-13-15-28(2)3/h15,17,21,24-27,29,32,35,37,54,56,58-59H,12-14,16,18-20,22-23H2,1-11H3/b30-17+,31-21+,42-25?,44-26?,49-34?,51-39?/t32-,35?,37-/m0/s1. The highest BCUT2D eigenvalue weighted by Gasteiger charge is 2.35. The molecule has 2 aromatic rings. The van der Waals surface area contributed by atoms with Crippen molar-refractivity contribution in [1.29, 1.82) is 0 Å². The zero-order valence-electron chi connectivity index (χ0n) is 38.2. The Labute approximate surface area is 362 Å². The van der Waals surface area contributed by atoms with E-state index in [2.05, 4.69) is 77.5 Å². The van der Waals surface area contributed by atoms with E-state index >= 15 is 0 Å². The minimum Gasteiger partial charge on any atom is -0.507 e. The molecule has 5 heterocycles. The molecule has 1 aliphatic carbocycles. The fourth-order valence-corrected chi connectivity index (χ4v) is 9.40. The third-order valence-electron chi connectivity index (χ3n) is 12.6. The average molecular weight is 827 g/mol. The number of hydrogen-bond donors (Lipinski definition) is 4. The van der Waals surface area contributed by atoms with Crippen molar-refractivity contribution in [2.45, 2.75) is 145 Å².